The highest BCUT2D eigenvalue weighted by molar-refractivity contribution is 5.85. The van der Waals surface area contributed by atoms with Crippen LogP contribution in [0.4, 0.5) is 0 Å². The minimum atomic E-state index is -2.75. The van der Waals surface area contributed by atoms with Gasteiger partial charge in [0.25, 0.3) is 0 Å². The molecule has 0 aromatic heterocycles. The number of ether oxygens (including phenoxy) is 1. The lowest BCUT2D eigenvalue weighted by molar-refractivity contribution is -0.0619. The monoisotopic (exact) mass is 305 g/mol. The summed E-state index contributed by atoms with van der Waals surface area (Å²) >= 11 is 0. The molecule has 1 saturated carbocycles. The van der Waals surface area contributed by atoms with Gasteiger partial charge in [0.15, 0.2) is 0 Å². The average molecular weight is 306 g/mol. The first kappa shape index (κ1) is 10.0. The summed E-state index contributed by atoms with van der Waals surface area (Å²) in [6.45, 7) is -5.73. The highest BCUT2D eigenvalue weighted by Gasteiger charge is 2.40. The second-order valence-electron chi connectivity index (χ2n) is 5.21. The number of aliphatic hydroxyl groups is 1. The van der Waals surface area contributed by atoms with E-state index in [-0.39, 0.29) is 19.0 Å². The Balaban J connectivity index is 0.00000338. The summed E-state index contributed by atoms with van der Waals surface area (Å²) in [6.07, 6.45) is 2.65. The third-order valence-electron chi connectivity index (χ3n) is 4.01. The molecule has 1 aromatic carbocycles. The van der Waals surface area contributed by atoms with Gasteiger partial charge in [0.1, 0.15) is 5.75 Å². The lowest BCUT2D eigenvalue weighted by atomic mass is 9.71. The fraction of sp³-hybridized carbons (Fsp3) is 0.625. The van der Waals surface area contributed by atoms with E-state index in [1.54, 1.807) is 24.3 Å². The third-order valence-corrected chi connectivity index (χ3v) is 4.01. The highest BCUT2D eigenvalue weighted by atomic mass is 35.5. The zero-order valence-corrected chi connectivity index (χ0v) is 12.4. The van der Waals surface area contributed by atoms with Crippen LogP contribution >= 0.6 is 12.4 Å². The predicted octanol–water partition coefficient (Wildman–Crippen LogP) is 3.06. The van der Waals surface area contributed by atoms with E-state index in [2.05, 4.69) is 0 Å². The maximum atomic E-state index is 11.4. The zero-order chi connectivity index (χ0) is 18.9. The topological polar surface area (TPSA) is 32.7 Å². The second-order valence-corrected chi connectivity index (χ2v) is 5.21. The lowest BCUT2D eigenvalue weighted by Gasteiger charge is -2.41. The first-order chi connectivity index (χ1) is 11.5. The Labute approximate surface area is 136 Å². The average Bonchev–Trinajstić information content (AvgIpc) is 2.51. The van der Waals surface area contributed by atoms with Crippen molar-refractivity contribution in [3.8, 4) is 5.75 Å². The standard InChI is InChI=1S/C16H25NO2.ClH/c1-17(2)12-14-7-4-5-10-16(14,18)13-8-6-9-15(11-13)19-3;/h6,8-9,11,14,18H,4-5,7,10,12H2,1-3H3;1H/t14-,16-;/m1./s1/i1D3,2D3;. The molecule has 2 rings (SSSR count). The van der Waals surface area contributed by atoms with Gasteiger partial charge in [-0.2, -0.15) is 0 Å². The van der Waals surface area contributed by atoms with Crippen molar-refractivity contribution in [3.05, 3.63) is 29.8 Å². The quantitative estimate of drug-likeness (QED) is 0.928. The molecule has 2 atom stereocenters. The number of halogens is 1. The number of hydrogen-bond donors (Lipinski definition) is 1. The normalized spacial score (nSPS) is 31.9. The smallest absolute Gasteiger partial charge is 0.119 e. The van der Waals surface area contributed by atoms with Gasteiger partial charge in [-0.3, -0.25) is 0 Å². The molecule has 3 nitrogen and oxygen atoms in total. The summed E-state index contributed by atoms with van der Waals surface area (Å²) in [5.41, 5.74) is -0.644. The molecule has 1 aliphatic carbocycles. The van der Waals surface area contributed by atoms with Crippen LogP contribution in [0.2, 0.25) is 0 Å². The van der Waals surface area contributed by atoms with E-state index in [1.165, 1.54) is 7.11 Å². The first-order valence-corrected chi connectivity index (χ1v) is 6.63. The molecule has 114 valence electrons. The molecule has 0 heterocycles. The van der Waals surface area contributed by atoms with Crippen LogP contribution in [0, 0.1) is 5.92 Å². The Morgan fingerprint density at radius 1 is 1.45 bits per heavy atom. The van der Waals surface area contributed by atoms with Crippen molar-refractivity contribution >= 4 is 12.4 Å². The fourth-order valence-electron chi connectivity index (χ4n) is 2.96. The van der Waals surface area contributed by atoms with Crippen molar-refractivity contribution < 1.29 is 18.1 Å². The summed E-state index contributed by atoms with van der Waals surface area (Å²) in [5, 5.41) is 11.4. The van der Waals surface area contributed by atoms with Crippen molar-refractivity contribution in [1.29, 1.82) is 0 Å². The number of rotatable bonds is 4. The van der Waals surface area contributed by atoms with E-state index < -0.39 is 25.5 Å². The third kappa shape index (κ3) is 3.66. The Hall–Kier alpha value is -0.770. The largest absolute Gasteiger partial charge is 0.497 e. The van der Waals surface area contributed by atoms with E-state index in [0.29, 0.717) is 29.1 Å². The SMILES string of the molecule is Cl.[2H]C([2H])([2H])N(C[C@H]1CCCC[C@@]1(O)c1cccc(OC)c1)C([2H])([2H])[2H]. The number of nitrogens with zero attached hydrogens (tertiary/aromatic N) is 1. The Morgan fingerprint density at radius 2 is 2.25 bits per heavy atom. The molecule has 20 heavy (non-hydrogen) atoms. The van der Waals surface area contributed by atoms with E-state index in [1.807, 2.05) is 0 Å². The van der Waals surface area contributed by atoms with Crippen LogP contribution in [-0.4, -0.2) is 37.6 Å². The minimum Gasteiger partial charge on any atom is -0.497 e. The van der Waals surface area contributed by atoms with Crippen LogP contribution in [-0.2, 0) is 5.60 Å². The van der Waals surface area contributed by atoms with Crippen LogP contribution in [0.25, 0.3) is 0 Å². The van der Waals surface area contributed by atoms with E-state index in [9.17, 15) is 5.11 Å². The molecule has 1 N–H and O–H groups in total. The molecule has 0 radical (unpaired) electrons. The molecule has 0 saturated heterocycles. The van der Waals surface area contributed by atoms with Gasteiger partial charge in [0.05, 0.1) is 12.7 Å². The minimum absolute atomic E-state index is 0. The molecule has 1 fully saturated rings. The van der Waals surface area contributed by atoms with Gasteiger partial charge < -0.3 is 14.7 Å². The summed E-state index contributed by atoms with van der Waals surface area (Å²) in [5.74, 6) is 0.105. The molecular formula is C16H26ClNO2. The summed E-state index contributed by atoms with van der Waals surface area (Å²) in [6, 6.07) is 7.04. The molecule has 1 aromatic rings. The lowest BCUT2D eigenvalue weighted by Crippen LogP contribution is -2.43. The van der Waals surface area contributed by atoms with Crippen molar-refractivity contribution in [2.75, 3.05) is 27.6 Å². The van der Waals surface area contributed by atoms with Gasteiger partial charge in [0, 0.05) is 20.7 Å². The number of hydrogen-bond acceptors (Lipinski definition) is 3. The Bertz CT molecular complexity index is 581. The number of methoxy groups -OCH3 is 1. The molecule has 0 aliphatic heterocycles. The van der Waals surface area contributed by atoms with Crippen molar-refractivity contribution in [2.24, 2.45) is 5.92 Å². The van der Waals surface area contributed by atoms with E-state index in [4.69, 9.17) is 13.0 Å². The van der Waals surface area contributed by atoms with Gasteiger partial charge in [-0.1, -0.05) is 25.0 Å². The summed E-state index contributed by atoms with van der Waals surface area (Å²) < 4.78 is 50.6. The molecule has 0 bridgehead atoms. The van der Waals surface area contributed by atoms with E-state index in [0.717, 1.165) is 12.8 Å². The van der Waals surface area contributed by atoms with Gasteiger partial charge in [-0.05, 0) is 44.5 Å². The van der Waals surface area contributed by atoms with Gasteiger partial charge in [-0.15, -0.1) is 12.4 Å². The Kier molecular flexibility index (Phi) is 3.66. The van der Waals surface area contributed by atoms with Gasteiger partial charge >= 0.3 is 0 Å². The fourth-order valence-corrected chi connectivity index (χ4v) is 2.96. The molecular weight excluding hydrogens is 274 g/mol. The van der Waals surface area contributed by atoms with Crippen molar-refractivity contribution in [3.63, 3.8) is 0 Å². The highest BCUT2D eigenvalue weighted by Crippen LogP contribution is 2.42. The molecule has 0 unspecified atom stereocenters. The summed E-state index contributed by atoms with van der Waals surface area (Å²) in [7, 11) is 1.53. The summed E-state index contributed by atoms with van der Waals surface area (Å²) in [4.78, 5) is 0.543. The predicted molar refractivity (Wildman–Crippen MR) is 84.7 cm³/mol. The molecule has 4 heteroatoms. The van der Waals surface area contributed by atoms with Crippen LogP contribution in [0.1, 0.15) is 39.5 Å². The van der Waals surface area contributed by atoms with Crippen molar-refractivity contribution in [1.82, 2.24) is 4.90 Å². The Morgan fingerprint density at radius 3 is 2.95 bits per heavy atom. The van der Waals surface area contributed by atoms with Gasteiger partial charge in [-0.25, -0.2) is 0 Å². The first-order valence-electron chi connectivity index (χ1n) is 9.63. The van der Waals surface area contributed by atoms with Crippen LogP contribution in [0.3, 0.4) is 0 Å². The number of benzene rings is 1. The van der Waals surface area contributed by atoms with Crippen LogP contribution < -0.4 is 4.74 Å². The van der Waals surface area contributed by atoms with Crippen LogP contribution in [0.15, 0.2) is 24.3 Å². The van der Waals surface area contributed by atoms with Crippen LogP contribution in [0.5, 0.6) is 5.75 Å². The van der Waals surface area contributed by atoms with E-state index >= 15 is 0 Å². The molecule has 0 spiro atoms. The maximum Gasteiger partial charge on any atom is 0.119 e. The van der Waals surface area contributed by atoms with Gasteiger partial charge in [0.2, 0.25) is 0 Å². The van der Waals surface area contributed by atoms with Crippen molar-refractivity contribution in [2.45, 2.75) is 31.3 Å². The maximum absolute atomic E-state index is 11.4. The second kappa shape index (κ2) is 7.30. The molecule has 1 aliphatic rings. The zero-order valence-electron chi connectivity index (χ0n) is 17.6. The molecule has 0 amide bonds.